The standard InChI is InChI=1S/C2H6O3S/c3-5-4-1-2-6/h3,6H,1-2H2. The van der Waals surface area contributed by atoms with E-state index in [2.05, 4.69) is 22.6 Å². The Hall–Kier alpha value is 0.230. The van der Waals surface area contributed by atoms with Gasteiger partial charge in [-0.2, -0.15) is 12.6 Å². The minimum absolute atomic E-state index is 0.305. The van der Waals surface area contributed by atoms with Crippen LogP contribution in [0, 0.1) is 0 Å². The Morgan fingerprint density at radius 2 is 2.33 bits per heavy atom. The summed E-state index contributed by atoms with van der Waals surface area (Å²) in [7, 11) is 0. The van der Waals surface area contributed by atoms with Gasteiger partial charge in [0.2, 0.25) is 0 Å². The molecule has 0 unspecified atom stereocenters. The second kappa shape index (κ2) is 5.23. The molecule has 0 radical (unpaired) electrons. The van der Waals surface area contributed by atoms with Crippen molar-refractivity contribution in [1.29, 1.82) is 0 Å². The SMILES string of the molecule is OOOCCS. The molecule has 0 aromatic carbocycles. The Morgan fingerprint density at radius 3 is 2.50 bits per heavy atom. The molecule has 0 aromatic rings. The Labute approximate surface area is 41.1 Å². The molecule has 0 aliphatic carbocycles. The Bertz CT molecular complexity index is 20.8. The van der Waals surface area contributed by atoms with E-state index in [4.69, 9.17) is 5.26 Å². The second-order valence-electron chi connectivity index (χ2n) is 0.620. The number of rotatable bonds is 3. The van der Waals surface area contributed by atoms with Crippen LogP contribution in [-0.4, -0.2) is 17.6 Å². The lowest BCUT2D eigenvalue weighted by Gasteiger charge is -1.87. The lowest BCUT2D eigenvalue weighted by atomic mass is 10.9. The topological polar surface area (TPSA) is 38.7 Å². The van der Waals surface area contributed by atoms with E-state index in [1.54, 1.807) is 0 Å². The van der Waals surface area contributed by atoms with Gasteiger partial charge in [0.05, 0.1) is 6.61 Å². The van der Waals surface area contributed by atoms with Crippen LogP contribution >= 0.6 is 12.6 Å². The quantitative estimate of drug-likeness (QED) is 0.238. The molecule has 1 N–H and O–H groups in total. The highest BCUT2D eigenvalue weighted by atomic mass is 32.1. The van der Waals surface area contributed by atoms with E-state index in [9.17, 15) is 0 Å². The van der Waals surface area contributed by atoms with E-state index in [0.717, 1.165) is 0 Å². The van der Waals surface area contributed by atoms with Crippen molar-refractivity contribution in [3.05, 3.63) is 0 Å². The predicted molar refractivity (Wildman–Crippen MR) is 23.5 cm³/mol. The van der Waals surface area contributed by atoms with E-state index in [-0.39, 0.29) is 0 Å². The molecule has 0 amide bonds. The molecular weight excluding hydrogens is 104 g/mol. The normalized spacial score (nSPS) is 9.00. The zero-order valence-electron chi connectivity index (χ0n) is 3.13. The fourth-order valence-electron chi connectivity index (χ4n) is 0.0745. The molecule has 0 heterocycles. The summed E-state index contributed by atoms with van der Waals surface area (Å²) in [4.78, 5) is 3.96. The van der Waals surface area contributed by atoms with Gasteiger partial charge in [0.15, 0.2) is 0 Å². The summed E-state index contributed by atoms with van der Waals surface area (Å²) in [5, 5.41) is 10.7. The van der Waals surface area contributed by atoms with Crippen molar-refractivity contribution in [2.75, 3.05) is 12.4 Å². The van der Waals surface area contributed by atoms with Crippen LogP contribution in [0.15, 0.2) is 0 Å². The van der Waals surface area contributed by atoms with Crippen molar-refractivity contribution in [3.63, 3.8) is 0 Å². The maximum Gasteiger partial charge on any atom is 0.0941 e. The summed E-state index contributed by atoms with van der Waals surface area (Å²) in [5.41, 5.74) is 0. The van der Waals surface area contributed by atoms with Crippen molar-refractivity contribution in [2.24, 2.45) is 0 Å². The Morgan fingerprint density at radius 1 is 1.67 bits per heavy atom. The van der Waals surface area contributed by atoms with Gasteiger partial charge in [-0.3, -0.25) is 0 Å². The second-order valence-corrected chi connectivity index (χ2v) is 1.07. The highest BCUT2D eigenvalue weighted by Crippen LogP contribution is 1.74. The summed E-state index contributed by atoms with van der Waals surface area (Å²) in [6.07, 6.45) is 0. The van der Waals surface area contributed by atoms with Crippen LogP contribution in [0.5, 0.6) is 0 Å². The van der Waals surface area contributed by atoms with Crippen molar-refractivity contribution in [3.8, 4) is 0 Å². The minimum atomic E-state index is 0.305. The fourth-order valence-corrected chi connectivity index (χ4v) is 0.149. The molecule has 0 rings (SSSR count). The molecule has 38 valence electrons. The van der Waals surface area contributed by atoms with Gasteiger partial charge in [0.1, 0.15) is 0 Å². The molecular formula is C2H6O3S. The van der Waals surface area contributed by atoms with Crippen LogP contribution in [-0.2, 0) is 9.93 Å². The smallest absolute Gasteiger partial charge is 0.0941 e. The van der Waals surface area contributed by atoms with Crippen LogP contribution in [0.2, 0.25) is 0 Å². The maximum atomic E-state index is 7.44. The third-order valence-electron chi connectivity index (χ3n) is 0.227. The summed E-state index contributed by atoms with van der Waals surface area (Å²) in [5.74, 6) is 0.542. The molecule has 0 atom stereocenters. The summed E-state index contributed by atoms with van der Waals surface area (Å²) in [6.45, 7) is 0.305. The number of hydrogen-bond acceptors (Lipinski definition) is 4. The molecule has 6 heavy (non-hydrogen) atoms. The first kappa shape index (κ1) is 6.23. The fraction of sp³-hybridized carbons (Fsp3) is 1.00. The molecule has 0 aliphatic rings. The first-order valence-electron chi connectivity index (χ1n) is 1.45. The molecule has 0 saturated carbocycles. The van der Waals surface area contributed by atoms with Gasteiger partial charge in [0.25, 0.3) is 0 Å². The predicted octanol–water partition coefficient (Wildman–Crippen LogP) is 0.337. The van der Waals surface area contributed by atoms with Crippen molar-refractivity contribution in [2.45, 2.75) is 0 Å². The van der Waals surface area contributed by atoms with Crippen LogP contribution in [0.25, 0.3) is 0 Å². The van der Waals surface area contributed by atoms with Gasteiger partial charge in [-0.05, 0) is 0 Å². The van der Waals surface area contributed by atoms with Gasteiger partial charge in [0, 0.05) is 5.75 Å². The molecule has 0 spiro atoms. The number of thiol groups is 1. The van der Waals surface area contributed by atoms with E-state index < -0.39 is 0 Å². The maximum absolute atomic E-state index is 7.44. The molecule has 0 fully saturated rings. The molecule has 0 aliphatic heterocycles. The first-order chi connectivity index (χ1) is 2.91. The third kappa shape index (κ3) is 4.23. The van der Waals surface area contributed by atoms with Crippen molar-refractivity contribution >= 4 is 12.6 Å². The zero-order chi connectivity index (χ0) is 4.83. The summed E-state index contributed by atoms with van der Waals surface area (Å²) >= 11 is 3.74. The average Bonchev–Trinajstić information content (AvgIpc) is 1.61. The summed E-state index contributed by atoms with van der Waals surface area (Å²) in [6, 6.07) is 0. The van der Waals surface area contributed by atoms with E-state index in [1.165, 1.54) is 0 Å². The van der Waals surface area contributed by atoms with Crippen LogP contribution in [0.3, 0.4) is 0 Å². The van der Waals surface area contributed by atoms with E-state index in [0.29, 0.717) is 12.4 Å². The van der Waals surface area contributed by atoms with Crippen LogP contribution < -0.4 is 0 Å². The van der Waals surface area contributed by atoms with Gasteiger partial charge in [-0.15, -0.1) is 0 Å². The van der Waals surface area contributed by atoms with E-state index in [1.807, 2.05) is 0 Å². The third-order valence-corrected chi connectivity index (χ3v) is 0.410. The monoisotopic (exact) mass is 110 g/mol. The zero-order valence-corrected chi connectivity index (χ0v) is 4.02. The lowest BCUT2D eigenvalue weighted by molar-refractivity contribution is -0.488. The van der Waals surface area contributed by atoms with Crippen LogP contribution in [0.1, 0.15) is 0 Å². The molecule has 0 aromatic heterocycles. The van der Waals surface area contributed by atoms with Gasteiger partial charge in [-0.1, -0.05) is 5.04 Å². The molecule has 3 nitrogen and oxygen atoms in total. The van der Waals surface area contributed by atoms with E-state index >= 15 is 0 Å². The van der Waals surface area contributed by atoms with Gasteiger partial charge in [-0.25, -0.2) is 10.1 Å². The molecule has 0 saturated heterocycles. The lowest BCUT2D eigenvalue weighted by Crippen LogP contribution is -1.92. The van der Waals surface area contributed by atoms with Crippen molar-refractivity contribution in [1.82, 2.24) is 0 Å². The first-order valence-corrected chi connectivity index (χ1v) is 2.09. The Balaban J connectivity index is 2.34. The molecule has 4 heteroatoms. The summed E-state index contributed by atoms with van der Waals surface area (Å²) < 4.78 is 0. The van der Waals surface area contributed by atoms with Crippen LogP contribution in [0.4, 0.5) is 0 Å². The van der Waals surface area contributed by atoms with Gasteiger partial charge < -0.3 is 0 Å². The minimum Gasteiger partial charge on any atom is -0.221 e. The van der Waals surface area contributed by atoms with Gasteiger partial charge >= 0.3 is 0 Å². The van der Waals surface area contributed by atoms with Crippen molar-refractivity contribution < 1.29 is 15.2 Å². The average molecular weight is 110 g/mol. The highest BCUT2D eigenvalue weighted by Gasteiger charge is 1.75. The Kier molecular flexibility index (Phi) is 5.43. The number of hydrogen-bond donors (Lipinski definition) is 2. The largest absolute Gasteiger partial charge is 0.221 e. The highest BCUT2D eigenvalue weighted by molar-refractivity contribution is 7.80. The molecule has 0 bridgehead atoms.